The molecular weight excluding hydrogens is 266 g/mol. The van der Waals surface area contributed by atoms with E-state index >= 15 is 0 Å². The quantitative estimate of drug-likeness (QED) is 0.614. The molecule has 1 aromatic carbocycles. The second-order valence-corrected chi connectivity index (χ2v) is 5.72. The highest BCUT2D eigenvalue weighted by atomic mass is 35.5. The van der Waals surface area contributed by atoms with Crippen LogP contribution in [0.15, 0.2) is 18.2 Å². The zero-order valence-corrected chi connectivity index (χ0v) is 12.0. The van der Waals surface area contributed by atoms with Crippen LogP contribution < -0.4 is 5.46 Å². The van der Waals surface area contributed by atoms with Crippen molar-refractivity contribution in [3.8, 4) is 0 Å². The van der Waals surface area contributed by atoms with Crippen LogP contribution in [0.3, 0.4) is 0 Å². The summed E-state index contributed by atoms with van der Waals surface area (Å²) >= 11 is 6.07. The first kappa shape index (κ1) is 14.4. The Labute approximate surface area is 118 Å². The number of benzene rings is 1. The Bertz CT molecular complexity index is 480. The van der Waals surface area contributed by atoms with Gasteiger partial charge in [0.15, 0.2) is 0 Å². The topological polar surface area (TPSA) is 44.8 Å². The lowest BCUT2D eigenvalue weighted by molar-refractivity contribution is 0.0340. The smallest absolute Gasteiger partial charge is 0.465 e. The maximum absolute atomic E-state index is 11.8. The highest BCUT2D eigenvalue weighted by Gasteiger charge is 2.36. The molecule has 102 valence electrons. The van der Waals surface area contributed by atoms with Crippen LogP contribution in [-0.4, -0.2) is 33.4 Å². The molecule has 0 aromatic heterocycles. The van der Waals surface area contributed by atoms with E-state index in [0.717, 1.165) is 0 Å². The summed E-state index contributed by atoms with van der Waals surface area (Å²) in [5.74, 6) is -0.488. The van der Waals surface area contributed by atoms with Gasteiger partial charge >= 0.3 is 13.1 Å². The van der Waals surface area contributed by atoms with E-state index in [9.17, 15) is 4.79 Å². The predicted molar refractivity (Wildman–Crippen MR) is 73.9 cm³/mol. The summed E-state index contributed by atoms with van der Waals surface area (Å²) in [5.41, 5.74) is 0.881. The second kappa shape index (κ2) is 5.53. The molecule has 1 fully saturated rings. The minimum absolute atomic E-state index is 0.0273. The van der Waals surface area contributed by atoms with Crippen LogP contribution >= 0.6 is 11.6 Å². The molecule has 2 rings (SSSR count). The molecule has 0 amide bonds. The number of hydrogen-bond donors (Lipinski definition) is 0. The van der Waals surface area contributed by atoms with Crippen LogP contribution in [0.4, 0.5) is 0 Å². The van der Waals surface area contributed by atoms with Crippen LogP contribution in [0.5, 0.6) is 0 Å². The van der Waals surface area contributed by atoms with Crippen molar-refractivity contribution < 1.29 is 18.8 Å². The number of methoxy groups -OCH3 is 1. The standard InChI is InChI=1S/C13H16BClO4/c1-13(2)7-18-14(19-8-13)9-5-4-6-10(15)11(9)12(16)17-3/h4-6H,7-8H2,1-3H3. The van der Waals surface area contributed by atoms with Crippen molar-refractivity contribution in [3.63, 3.8) is 0 Å². The first-order valence-electron chi connectivity index (χ1n) is 6.04. The van der Waals surface area contributed by atoms with Crippen molar-refractivity contribution in [2.24, 2.45) is 5.41 Å². The molecule has 0 spiro atoms. The summed E-state index contributed by atoms with van der Waals surface area (Å²) in [5, 5.41) is 0.335. The zero-order valence-electron chi connectivity index (χ0n) is 11.2. The Morgan fingerprint density at radius 3 is 2.58 bits per heavy atom. The van der Waals surface area contributed by atoms with Gasteiger partial charge in [0.05, 0.1) is 17.7 Å². The molecule has 4 nitrogen and oxygen atoms in total. The van der Waals surface area contributed by atoms with Gasteiger partial charge in [0.2, 0.25) is 0 Å². The molecule has 0 aliphatic carbocycles. The van der Waals surface area contributed by atoms with Crippen LogP contribution in [0.2, 0.25) is 5.02 Å². The van der Waals surface area contributed by atoms with Crippen LogP contribution in [0.1, 0.15) is 24.2 Å². The molecule has 1 aromatic rings. The molecule has 0 N–H and O–H groups in total. The predicted octanol–water partition coefficient (Wildman–Crippen LogP) is 1.89. The van der Waals surface area contributed by atoms with E-state index in [1.807, 2.05) is 0 Å². The van der Waals surface area contributed by atoms with E-state index in [-0.39, 0.29) is 5.41 Å². The van der Waals surface area contributed by atoms with Crippen molar-refractivity contribution in [1.82, 2.24) is 0 Å². The number of rotatable bonds is 2. The van der Waals surface area contributed by atoms with E-state index in [1.54, 1.807) is 18.2 Å². The average molecular weight is 283 g/mol. The molecule has 1 saturated heterocycles. The molecule has 1 aliphatic heterocycles. The van der Waals surface area contributed by atoms with E-state index in [4.69, 9.17) is 25.6 Å². The Kier molecular flexibility index (Phi) is 4.18. The van der Waals surface area contributed by atoms with E-state index in [0.29, 0.717) is 29.3 Å². The molecule has 0 radical (unpaired) electrons. The maximum Gasteiger partial charge on any atom is 0.494 e. The fourth-order valence-electron chi connectivity index (χ4n) is 1.93. The largest absolute Gasteiger partial charge is 0.494 e. The van der Waals surface area contributed by atoms with Crippen molar-refractivity contribution in [1.29, 1.82) is 0 Å². The first-order chi connectivity index (χ1) is 8.94. The van der Waals surface area contributed by atoms with Gasteiger partial charge in [0.1, 0.15) is 0 Å². The molecule has 1 heterocycles. The summed E-state index contributed by atoms with van der Waals surface area (Å²) in [6.07, 6.45) is 0. The number of ether oxygens (including phenoxy) is 1. The maximum atomic E-state index is 11.8. The molecule has 0 bridgehead atoms. The fourth-order valence-corrected chi connectivity index (χ4v) is 2.19. The Balaban J connectivity index is 2.30. The first-order valence-corrected chi connectivity index (χ1v) is 6.42. The lowest BCUT2D eigenvalue weighted by Crippen LogP contribution is -2.49. The minimum Gasteiger partial charge on any atom is -0.465 e. The minimum atomic E-state index is -0.583. The van der Waals surface area contributed by atoms with Crippen molar-refractivity contribution in [2.75, 3.05) is 20.3 Å². The molecular formula is C13H16BClO4. The Hall–Kier alpha value is -1.04. The van der Waals surface area contributed by atoms with Gasteiger partial charge in [0, 0.05) is 18.6 Å². The number of hydrogen-bond acceptors (Lipinski definition) is 4. The third kappa shape index (κ3) is 3.11. The Morgan fingerprint density at radius 1 is 1.37 bits per heavy atom. The highest BCUT2D eigenvalue weighted by molar-refractivity contribution is 6.63. The number of carbonyl (C=O) groups is 1. The van der Waals surface area contributed by atoms with Gasteiger partial charge in [-0.3, -0.25) is 0 Å². The SMILES string of the molecule is COC(=O)c1c(Cl)cccc1B1OCC(C)(C)CO1. The molecule has 6 heteroatoms. The molecule has 0 unspecified atom stereocenters. The van der Waals surface area contributed by atoms with Gasteiger partial charge in [-0.15, -0.1) is 0 Å². The van der Waals surface area contributed by atoms with Gasteiger partial charge in [-0.1, -0.05) is 37.6 Å². The lowest BCUT2D eigenvalue weighted by atomic mass is 9.73. The normalized spacial score (nSPS) is 18.2. The van der Waals surface area contributed by atoms with Crippen LogP contribution in [0, 0.1) is 5.41 Å². The summed E-state index contributed by atoms with van der Waals surface area (Å²) in [6.45, 7) is 5.24. The van der Waals surface area contributed by atoms with Crippen LogP contribution in [0.25, 0.3) is 0 Å². The van der Waals surface area contributed by atoms with Crippen molar-refractivity contribution in [2.45, 2.75) is 13.8 Å². The zero-order chi connectivity index (χ0) is 14.0. The number of halogens is 1. The monoisotopic (exact) mass is 282 g/mol. The summed E-state index contributed by atoms with van der Waals surface area (Å²) in [4.78, 5) is 11.8. The van der Waals surface area contributed by atoms with Crippen LogP contribution in [-0.2, 0) is 14.0 Å². The van der Waals surface area contributed by atoms with Gasteiger partial charge in [-0.05, 0) is 11.5 Å². The molecule has 19 heavy (non-hydrogen) atoms. The van der Waals surface area contributed by atoms with E-state index in [1.165, 1.54) is 7.11 Å². The fraction of sp³-hybridized carbons (Fsp3) is 0.462. The van der Waals surface area contributed by atoms with E-state index < -0.39 is 13.1 Å². The summed E-state index contributed by atoms with van der Waals surface area (Å²) in [6, 6.07) is 5.17. The number of carbonyl (C=O) groups excluding carboxylic acids is 1. The third-order valence-electron chi connectivity index (χ3n) is 2.94. The van der Waals surface area contributed by atoms with Gasteiger partial charge in [-0.25, -0.2) is 4.79 Å². The van der Waals surface area contributed by atoms with Gasteiger partial charge < -0.3 is 14.0 Å². The molecule has 0 atom stereocenters. The number of esters is 1. The Morgan fingerprint density at radius 2 is 2.00 bits per heavy atom. The van der Waals surface area contributed by atoms with Gasteiger partial charge in [-0.2, -0.15) is 0 Å². The summed E-state index contributed by atoms with van der Waals surface area (Å²) in [7, 11) is 0.738. The average Bonchev–Trinajstić information content (AvgIpc) is 2.37. The third-order valence-corrected chi connectivity index (χ3v) is 3.26. The highest BCUT2D eigenvalue weighted by Crippen LogP contribution is 2.23. The van der Waals surface area contributed by atoms with Crippen molar-refractivity contribution in [3.05, 3.63) is 28.8 Å². The second-order valence-electron chi connectivity index (χ2n) is 5.31. The summed E-state index contributed by atoms with van der Waals surface area (Å²) < 4.78 is 16.1. The van der Waals surface area contributed by atoms with Crippen molar-refractivity contribution >= 4 is 30.2 Å². The molecule has 0 saturated carbocycles. The molecule has 1 aliphatic rings. The van der Waals surface area contributed by atoms with E-state index in [2.05, 4.69) is 13.8 Å². The lowest BCUT2D eigenvalue weighted by Gasteiger charge is -2.33. The van der Waals surface area contributed by atoms with Gasteiger partial charge in [0.25, 0.3) is 0 Å².